The number of rotatable bonds is 3. The maximum atomic E-state index is 13.9. The van der Waals surface area contributed by atoms with Gasteiger partial charge in [0.2, 0.25) is 0 Å². The summed E-state index contributed by atoms with van der Waals surface area (Å²) in [6.07, 6.45) is 0. The number of benzene rings is 3. The van der Waals surface area contributed by atoms with E-state index in [-0.39, 0.29) is 11.9 Å². The summed E-state index contributed by atoms with van der Waals surface area (Å²) in [5.41, 5.74) is 3.23. The second-order valence-electron chi connectivity index (χ2n) is 7.44. The molecular formula is C24H20ClN3O2S. The summed E-state index contributed by atoms with van der Waals surface area (Å²) in [6, 6.07) is 24.3. The van der Waals surface area contributed by atoms with Crippen LogP contribution in [0.5, 0.6) is 0 Å². The first kappa shape index (κ1) is 20.0. The molecule has 5 nitrogen and oxygen atoms in total. The molecular weight excluding hydrogens is 430 g/mol. The molecule has 1 unspecified atom stereocenters. The van der Waals surface area contributed by atoms with Crippen LogP contribution in [0.2, 0.25) is 5.02 Å². The Hall–Kier alpha value is -2.96. The van der Waals surface area contributed by atoms with Gasteiger partial charge in [0.25, 0.3) is 5.91 Å². The lowest BCUT2D eigenvalue weighted by Crippen LogP contribution is -2.51. The zero-order chi connectivity index (χ0) is 21.4. The van der Waals surface area contributed by atoms with E-state index in [2.05, 4.69) is 5.32 Å². The number of thioether (sulfide) groups is 1. The number of carbonyl (C=O) groups is 2. The van der Waals surface area contributed by atoms with Gasteiger partial charge in [0.1, 0.15) is 0 Å². The highest BCUT2D eigenvalue weighted by atomic mass is 35.5. The third kappa shape index (κ3) is 3.27. The second kappa shape index (κ2) is 7.94. The van der Waals surface area contributed by atoms with Gasteiger partial charge < -0.3 is 10.2 Å². The van der Waals surface area contributed by atoms with Crippen LogP contribution in [0, 0.1) is 0 Å². The Morgan fingerprint density at radius 1 is 1.00 bits per heavy atom. The first-order valence-electron chi connectivity index (χ1n) is 10.0. The molecule has 3 aromatic rings. The first-order chi connectivity index (χ1) is 15.1. The van der Waals surface area contributed by atoms with Gasteiger partial charge in [-0.2, -0.15) is 0 Å². The third-order valence-corrected chi connectivity index (χ3v) is 7.45. The van der Waals surface area contributed by atoms with Crippen LogP contribution in [0.4, 0.5) is 16.2 Å². The van der Waals surface area contributed by atoms with Crippen LogP contribution in [0.3, 0.4) is 0 Å². The number of anilines is 2. The minimum absolute atomic E-state index is 0.112. The SMILES string of the molecule is O=C(Nc1ccccc1)N1CCSC12C(=O)N(Cc1ccccc1Cl)c1ccccc12. The van der Waals surface area contributed by atoms with Crippen molar-refractivity contribution in [1.82, 2.24) is 4.90 Å². The van der Waals surface area contributed by atoms with E-state index >= 15 is 0 Å². The summed E-state index contributed by atoms with van der Waals surface area (Å²) >= 11 is 7.89. The number of halogens is 1. The van der Waals surface area contributed by atoms with Gasteiger partial charge in [0, 0.05) is 28.6 Å². The molecule has 1 saturated heterocycles. The van der Waals surface area contributed by atoms with Gasteiger partial charge in [-0.05, 0) is 29.8 Å². The number of nitrogens with zero attached hydrogens (tertiary/aromatic N) is 2. The fourth-order valence-electron chi connectivity index (χ4n) is 4.23. The molecule has 1 atom stereocenters. The van der Waals surface area contributed by atoms with E-state index in [1.165, 1.54) is 11.8 Å². The lowest BCUT2D eigenvalue weighted by atomic mass is 10.1. The van der Waals surface area contributed by atoms with Gasteiger partial charge in [0.05, 0.1) is 12.2 Å². The maximum Gasteiger partial charge on any atom is 0.323 e. The molecule has 2 heterocycles. The summed E-state index contributed by atoms with van der Waals surface area (Å²) in [5.74, 6) is 0.571. The van der Waals surface area contributed by atoms with E-state index in [0.29, 0.717) is 29.6 Å². The Kier molecular flexibility index (Phi) is 5.12. The van der Waals surface area contributed by atoms with Crippen LogP contribution in [-0.4, -0.2) is 29.1 Å². The summed E-state index contributed by atoms with van der Waals surface area (Å²) in [6.45, 7) is 0.843. The van der Waals surface area contributed by atoms with Crippen LogP contribution in [0.25, 0.3) is 0 Å². The average Bonchev–Trinajstić information content (AvgIpc) is 3.33. The zero-order valence-electron chi connectivity index (χ0n) is 16.6. The Balaban J connectivity index is 1.53. The predicted octanol–water partition coefficient (Wildman–Crippen LogP) is 5.32. The summed E-state index contributed by atoms with van der Waals surface area (Å²) in [7, 11) is 0. The van der Waals surface area contributed by atoms with Crippen molar-refractivity contribution in [2.45, 2.75) is 11.4 Å². The van der Waals surface area contributed by atoms with Crippen molar-refractivity contribution in [3.63, 3.8) is 0 Å². The number of amides is 3. The molecule has 31 heavy (non-hydrogen) atoms. The largest absolute Gasteiger partial charge is 0.323 e. The highest BCUT2D eigenvalue weighted by molar-refractivity contribution is 8.01. The quantitative estimate of drug-likeness (QED) is 0.588. The van der Waals surface area contributed by atoms with Crippen LogP contribution in [0.1, 0.15) is 11.1 Å². The average molecular weight is 450 g/mol. The molecule has 0 bridgehead atoms. The first-order valence-corrected chi connectivity index (χ1v) is 11.4. The minimum Gasteiger partial charge on any atom is -0.308 e. The Labute approximate surface area is 190 Å². The topological polar surface area (TPSA) is 52.7 Å². The Morgan fingerprint density at radius 3 is 2.52 bits per heavy atom. The molecule has 0 radical (unpaired) electrons. The second-order valence-corrected chi connectivity index (χ2v) is 9.14. The van der Waals surface area contributed by atoms with E-state index in [4.69, 9.17) is 11.6 Å². The number of urea groups is 1. The zero-order valence-corrected chi connectivity index (χ0v) is 18.2. The fourth-order valence-corrected chi connectivity index (χ4v) is 5.89. The highest BCUT2D eigenvalue weighted by Gasteiger charge is 2.59. The monoisotopic (exact) mass is 449 g/mol. The van der Waals surface area contributed by atoms with Crippen molar-refractivity contribution < 1.29 is 9.59 Å². The minimum atomic E-state index is -1.07. The lowest BCUT2D eigenvalue weighted by molar-refractivity contribution is -0.123. The number of carbonyl (C=O) groups excluding carboxylic acids is 2. The fraction of sp³-hybridized carbons (Fsp3) is 0.167. The van der Waals surface area contributed by atoms with Crippen molar-refractivity contribution in [2.24, 2.45) is 0 Å². The van der Waals surface area contributed by atoms with Gasteiger partial charge in [-0.25, -0.2) is 4.79 Å². The normalized spacial score (nSPS) is 19.7. The number of para-hydroxylation sites is 2. The molecule has 3 aromatic carbocycles. The Morgan fingerprint density at radius 2 is 1.71 bits per heavy atom. The molecule has 1 spiro atoms. The van der Waals surface area contributed by atoms with E-state index < -0.39 is 4.87 Å². The number of hydrogen-bond acceptors (Lipinski definition) is 3. The number of nitrogens with one attached hydrogen (secondary N) is 1. The van der Waals surface area contributed by atoms with Crippen molar-refractivity contribution >= 4 is 46.7 Å². The Bertz CT molecular complexity index is 1160. The molecule has 0 aliphatic carbocycles. The molecule has 5 rings (SSSR count). The summed E-state index contributed by atoms with van der Waals surface area (Å²) in [4.78, 5) is 29.5. The molecule has 0 saturated carbocycles. The van der Waals surface area contributed by atoms with E-state index in [0.717, 1.165) is 16.8 Å². The van der Waals surface area contributed by atoms with Gasteiger partial charge in [-0.15, -0.1) is 11.8 Å². The van der Waals surface area contributed by atoms with Gasteiger partial charge in [-0.1, -0.05) is 66.2 Å². The van der Waals surface area contributed by atoms with Crippen LogP contribution in [0.15, 0.2) is 78.9 Å². The van der Waals surface area contributed by atoms with E-state index in [9.17, 15) is 9.59 Å². The predicted molar refractivity (Wildman–Crippen MR) is 125 cm³/mol. The number of hydrogen-bond donors (Lipinski definition) is 1. The van der Waals surface area contributed by atoms with Crippen LogP contribution >= 0.6 is 23.4 Å². The van der Waals surface area contributed by atoms with E-state index in [1.807, 2.05) is 78.9 Å². The molecule has 0 aromatic heterocycles. The van der Waals surface area contributed by atoms with Crippen molar-refractivity contribution in [2.75, 3.05) is 22.5 Å². The molecule has 2 aliphatic heterocycles. The van der Waals surface area contributed by atoms with E-state index in [1.54, 1.807) is 9.80 Å². The molecule has 2 aliphatic rings. The molecule has 3 amide bonds. The van der Waals surface area contributed by atoms with Gasteiger partial charge in [-0.3, -0.25) is 9.69 Å². The van der Waals surface area contributed by atoms with Gasteiger partial charge in [0.15, 0.2) is 4.87 Å². The molecule has 156 valence electrons. The van der Waals surface area contributed by atoms with Crippen molar-refractivity contribution in [3.05, 3.63) is 95.0 Å². The standard InChI is InChI=1S/C24H20ClN3O2S/c25-20-12-6-4-8-17(20)16-27-21-13-7-5-11-19(21)24(22(27)29)28(14-15-31-24)23(30)26-18-9-2-1-3-10-18/h1-13H,14-16H2,(H,26,30). The highest BCUT2D eigenvalue weighted by Crippen LogP contribution is 2.54. The van der Waals surface area contributed by atoms with Gasteiger partial charge >= 0.3 is 6.03 Å². The van der Waals surface area contributed by atoms with Crippen molar-refractivity contribution in [3.8, 4) is 0 Å². The summed E-state index contributed by atoms with van der Waals surface area (Å²) < 4.78 is 0. The molecule has 1 N–H and O–H groups in total. The smallest absolute Gasteiger partial charge is 0.308 e. The van der Waals surface area contributed by atoms with Crippen molar-refractivity contribution in [1.29, 1.82) is 0 Å². The molecule has 7 heteroatoms. The summed E-state index contributed by atoms with van der Waals surface area (Å²) in [5, 5.41) is 3.56. The van der Waals surface area contributed by atoms with Crippen LogP contribution in [-0.2, 0) is 16.2 Å². The molecule has 1 fully saturated rings. The number of fused-ring (bicyclic) bond motifs is 2. The lowest BCUT2D eigenvalue weighted by Gasteiger charge is -2.33. The third-order valence-electron chi connectivity index (χ3n) is 5.66. The maximum absolute atomic E-state index is 13.9. The van der Waals surface area contributed by atoms with Crippen LogP contribution < -0.4 is 10.2 Å².